The lowest BCUT2D eigenvalue weighted by Crippen LogP contribution is -2.33. The van der Waals surface area contributed by atoms with Gasteiger partial charge in [-0.1, -0.05) is 12.8 Å². The van der Waals surface area contributed by atoms with Crippen molar-refractivity contribution in [3.8, 4) is 0 Å². The van der Waals surface area contributed by atoms with Crippen LogP contribution in [0.2, 0.25) is 0 Å². The summed E-state index contributed by atoms with van der Waals surface area (Å²) in [6.07, 6.45) is 7.13. The van der Waals surface area contributed by atoms with Crippen molar-refractivity contribution in [2.24, 2.45) is 0 Å². The van der Waals surface area contributed by atoms with Gasteiger partial charge in [0.15, 0.2) is 0 Å². The Labute approximate surface area is 138 Å². The minimum atomic E-state index is -0.458. The summed E-state index contributed by atoms with van der Waals surface area (Å²) >= 11 is 0. The lowest BCUT2D eigenvalue weighted by molar-refractivity contribution is 0.0528. The average molecular weight is 320 g/mol. The van der Waals surface area contributed by atoms with E-state index in [1.807, 2.05) is 20.8 Å². The van der Waals surface area contributed by atoms with E-state index < -0.39 is 5.60 Å². The molecule has 23 heavy (non-hydrogen) atoms. The number of nitrogens with zero attached hydrogens (tertiary/aromatic N) is 2. The van der Waals surface area contributed by atoms with Gasteiger partial charge in [0.2, 0.25) is 0 Å². The van der Waals surface area contributed by atoms with Crippen LogP contribution in [0.3, 0.4) is 0 Å². The van der Waals surface area contributed by atoms with E-state index in [4.69, 9.17) is 4.74 Å². The van der Waals surface area contributed by atoms with E-state index in [1.165, 1.54) is 25.7 Å². The van der Waals surface area contributed by atoms with Gasteiger partial charge in [-0.3, -0.25) is 0 Å². The van der Waals surface area contributed by atoms with Crippen LogP contribution >= 0.6 is 0 Å². The highest BCUT2D eigenvalue weighted by Gasteiger charge is 2.18. The molecule has 6 heteroatoms. The highest BCUT2D eigenvalue weighted by atomic mass is 16.6. The molecule has 2 N–H and O–H groups in total. The molecular formula is C17H28N4O2. The molecule has 2 rings (SSSR count). The number of amides is 1. The standard InChI is InChI=1S/C17H28N4O2/c1-17(2,3)23-16(22)19-10-6-9-18-15-11-14(20-12-21-15)13-7-4-5-8-13/h11-13H,4-10H2,1-3H3,(H,19,22)(H,18,20,21). The van der Waals surface area contributed by atoms with Crippen molar-refractivity contribution in [3.05, 3.63) is 18.1 Å². The van der Waals surface area contributed by atoms with E-state index in [0.717, 1.165) is 24.5 Å². The highest BCUT2D eigenvalue weighted by Crippen LogP contribution is 2.33. The number of rotatable bonds is 6. The number of hydrogen-bond acceptors (Lipinski definition) is 5. The molecule has 0 atom stereocenters. The fraction of sp³-hybridized carbons (Fsp3) is 0.706. The number of anilines is 1. The maximum Gasteiger partial charge on any atom is 0.407 e. The van der Waals surface area contributed by atoms with Gasteiger partial charge in [0.25, 0.3) is 0 Å². The monoisotopic (exact) mass is 320 g/mol. The van der Waals surface area contributed by atoms with Crippen molar-refractivity contribution in [2.75, 3.05) is 18.4 Å². The zero-order valence-corrected chi connectivity index (χ0v) is 14.4. The molecule has 1 aliphatic rings. The molecule has 1 fully saturated rings. The Bertz CT molecular complexity index is 508. The summed E-state index contributed by atoms with van der Waals surface area (Å²) in [4.78, 5) is 20.2. The van der Waals surface area contributed by atoms with E-state index in [2.05, 4.69) is 26.7 Å². The third-order valence-corrected chi connectivity index (χ3v) is 3.79. The van der Waals surface area contributed by atoms with E-state index in [0.29, 0.717) is 12.5 Å². The first-order valence-electron chi connectivity index (χ1n) is 8.47. The molecular weight excluding hydrogens is 292 g/mol. The fourth-order valence-corrected chi connectivity index (χ4v) is 2.72. The van der Waals surface area contributed by atoms with Crippen LogP contribution in [0.5, 0.6) is 0 Å². The lowest BCUT2D eigenvalue weighted by atomic mass is 10.0. The molecule has 0 unspecified atom stereocenters. The number of hydrogen-bond donors (Lipinski definition) is 2. The topological polar surface area (TPSA) is 76.1 Å². The van der Waals surface area contributed by atoms with Crippen LogP contribution < -0.4 is 10.6 Å². The SMILES string of the molecule is CC(C)(C)OC(=O)NCCCNc1cc(C2CCCC2)ncn1. The molecule has 0 saturated heterocycles. The second-order valence-electron chi connectivity index (χ2n) is 7.02. The van der Waals surface area contributed by atoms with E-state index in [1.54, 1.807) is 6.33 Å². The largest absolute Gasteiger partial charge is 0.444 e. The van der Waals surface area contributed by atoms with E-state index in [9.17, 15) is 4.79 Å². The van der Waals surface area contributed by atoms with Crippen LogP contribution in [0.25, 0.3) is 0 Å². The summed E-state index contributed by atoms with van der Waals surface area (Å²) < 4.78 is 5.18. The summed E-state index contributed by atoms with van der Waals surface area (Å²) in [5.41, 5.74) is 0.687. The van der Waals surface area contributed by atoms with E-state index in [-0.39, 0.29) is 6.09 Å². The van der Waals surface area contributed by atoms with Crippen LogP contribution in [0, 0.1) is 0 Å². The van der Waals surface area contributed by atoms with Crippen molar-refractivity contribution in [1.82, 2.24) is 15.3 Å². The predicted molar refractivity (Wildman–Crippen MR) is 90.6 cm³/mol. The molecule has 1 amide bonds. The van der Waals surface area contributed by atoms with Gasteiger partial charge in [-0.15, -0.1) is 0 Å². The molecule has 1 aromatic rings. The summed E-state index contributed by atoms with van der Waals surface area (Å²) in [5, 5.41) is 6.03. The Hall–Kier alpha value is -1.85. The number of aromatic nitrogens is 2. The molecule has 1 aliphatic carbocycles. The Balaban J connectivity index is 1.66. The molecule has 0 radical (unpaired) electrons. The first kappa shape index (κ1) is 17.5. The summed E-state index contributed by atoms with van der Waals surface area (Å²) in [6, 6.07) is 2.05. The van der Waals surface area contributed by atoms with Crippen LogP contribution in [0.4, 0.5) is 10.6 Å². The number of carbonyl (C=O) groups is 1. The minimum absolute atomic E-state index is 0.372. The van der Waals surface area contributed by atoms with Crippen molar-refractivity contribution in [1.29, 1.82) is 0 Å². The van der Waals surface area contributed by atoms with Crippen LogP contribution in [-0.2, 0) is 4.74 Å². The van der Waals surface area contributed by atoms with Crippen LogP contribution in [0.15, 0.2) is 12.4 Å². The number of carbonyl (C=O) groups excluding carboxylic acids is 1. The van der Waals surface area contributed by atoms with Crippen molar-refractivity contribution < 1.29 is 9.53 Å². The Morgan fingerprint density at radius 1 is 1.26 bits per heavy atom. The van der Waals surface area contributed by atoms with Gasteiger partial charge in [-0.2, -0.15) is 0 Å². The van der Waals surface area contributed by atoms with Crippen molar-refractivity contribution >= 4 is 11.9 Å². The molecule has 0 bridgehead atoms. The van der Waals surface area contributed by atoms with E-state index >= 15 is 0 Å². The first-order chi connectivity index (χ1) is 10.9. The predicted octanol–water partition coefficient (Wildman–Crippen LogP) is 3.46. The Kier molecular flexibility index (Phi) is 6.19. The maximum atomic E-state index is 11.5. The molecule has 6 nitrogen and oxygen atoms in total. The average Bonchev–Trinajstić information content (AvgIpc) is 2.99. The maximum absolute atomic E-state index is 11.5. The second-order valence-corrected chi connectivity index (χ2v) is 7.02. The van der Waals surface area contributed by atoms with Crippen molar-refractivity contribution in [3.63, 3.8) is 0 Å². The molecule has 0 spiro atoms. The highest BCUT2D eigenvalue weighted by molar-refractivity contribution is 5.67. The number of nitrogens with one attached hydrogen (secondary N) is 2. The summed E-state index contributed by atoms with van der Waals surface area (Å²) in [7, 11) is 0. The van der Waals surface area contributed by atoms with Crippen LogP contribution in [-0.4, -0.2) is 34.8 Å². The molecule has 0 aliphatic heterocycles. The molecule has 1 aromatic heterocycles. The van der Waals surface area contributed by atoms with Gasteiger partial charge in [0.1, 0.15) is 17.7 Å². The van der Waals surface area contributed by atoms with Gasteiger partial charge in [0, 0.05) is 30.8 Å². The number of ether oxygens (including phenoxy) is 1. The minimum Gasteiger partial charge on any atom is -0.444 e. The second kappa shape index (κ2) is 8.13. The zero-order chi connectivity index (χ0) is 16.7. The molecule has 128 valence electrons. The molecule has 0 aromatic carbocycles. The van der Waals surface area contributed by atoms with Crippen molar-refractivity contribution in [2.45, 2.75) is 64.4 Å². The van der Waals surface area contributed by atoms with Gasteiger partial charge in [0.05, 0.1) is 0 Å². The van der Waals surface area contributed by atoms with Gasteiger partial charge < -0.3 is 15.4 Å². The summed E-state index contributed by atoms with van der Waals surface area (Å²) in [6.45, 7) is 6.88. The van der Waals surface area contributed by atoms with Gasteiger partial charge in [-0.05, 0) is 40.0 Å². The lowest BCUT2D eigenvalue weighted by Gasteiger charge is -2.19. The smallest absolute Gasteiger partial charge is 0.407 e. The van der Waals surface area contributed by atoms with Gasteiger partial charge >= 0.3 is 6.09 Å². The van der Waals surface area contributed by atoms with Crippen LogP contribution in [0.1, 0.15) is 64.5 Å². The quantitative estimate of drug-likeness (QED) is 0.785. The van der Waals surface area contributed by atoms with Gasteiger partial charge in [-0.25, -0.2) is 14.8 Å². The first-order valence-corrected chi connectivity index (χ1v) is 8.47. The molecule has 1 heterocycles. The normalized spacial score (nSPS) is 15.4. The third kappa shape index (κ3) is 6.42. The Morgan fingerprint density at radius 3 is 2.70 bits per heavy atom. The third-order valence-electron chi connectivity index (χ3n) is 3.79. The molecule has 1 saturated carbocycles. The number of alkyl carbamates (subject to hydrolysis) is 1. The Morgan fingerprint density at radius 2 is 2.00 bits per heavy atom. The fourth-order valence-electron chi connectivity index (χ4n) is 2.72. The zero-order valence-electron chi connectivity index (χ0n) is 14.4. The summed E-state index contributed by atoms with van der Waals surface area (Å²) in [5.74, 6) is 1.45.